The molecular formula is C14H26N2O3. The van der Waals surface area contributed by atoms with E-state index in [1.54, 1.807) is 0 Å². The highest BCUT2D eigenvalue weighted by atomic mass is 16.5. The predicted octanol–water partition coefficient (Wildman–Crippen LogP) is 1.41. The van der Waals surface area contributed by atoms with E-state index in [-0.39, 0.29) is 6.03 Å². The third-order valence-corrected chi connectivity index (χ3v) is 3.91. The van der Waals surface area contributed by atoms with E-state index in [1.807, 2.05) is 0 Å². The Kier molecular flexibility index (Phi) is 5.45. The van der Waals surface area contributed by atoms with Gasteiger partial charge in [-0.15, -0.1) is 0 Å². The molecule has 3 N–H and O–H groups in total. The van der Waals surface area contributed by atoms with Crippen molar-refractivity contribution in [3.63, 3.8) is 0 Å². The van der Waals surface area contributed by atoms with Crippen molar-refractivity contribution < 1.29 is 14.6 Å². The van der Waals surface area contributed by atoms with Gasteiger partial charge in [0, 0.05) is 26.3 Å². The summed E-state index contributed by atoms with van der Waals surface area (Å²) in [6, 6.07) is -0.192. The monoisotopic (exact) mass is 270 g/mol. The molecule has 0 atom stereocenters. The highest BCUT2D eigenvalue weighted by Crippen LogP contribution is 2.29. The Morgan fingerprint density at radius 3 is 2.68 bits per heavy atom. The van der Waals surface area contributed by atoms with E-state index in [2.05, 4.69) is 10.6 Å². The number of rotatable bonds is 8. The topological polar surface area (TPSA) is 70.6 Å². The second-order valence-electron chi connectivity index (χ2n) is 5.91. The van der Waals surface area contributed by atoms with Gasteiger partial charge in [-0.25, -0.2) is 4.79 Å². The van der Waals surface area contributed by atoms with Gasteiger partial charge in [-0.1, -0.05) is 12.8 Å². The SMILES string of the molecule is O=C(NCCCOCC1CC1)NCC1(O)CCCC1. The van der Waals surface area contributed by atoms with Crippen molar-refractivity contribution in [1.82, 2.24) is 10.6 Å². The molecule has 2 rings (SSSR count). The van der Waals surface area contributed by atoms with Crippen LogP contribution in [0.1, 0.15) is 44.9 Å². The Morgan fingerprint density at radius 1 is 1.26 bits per heavy atom. The first-order valence-electron chi connectivity index (χ1n) is 7.50. The van der Waals surface area contributed by atoms with Crippen molar-refractivity contribution >= 4 is 6.03 Å². The number of hydrogen-bond acceptors (Lipinski definition) is 3. The first-order valence-corrected chi connectivity index (χ1v) is 7.50. The summed E-state index contributed by atoms with van der Waals surface area (Å²) in [6.07, 6.45) is 7.15. The minimum absolute atomic E-state index is 0.192. The molecule has 0 spiro atoms. The Hall–Kier alpha value is -0.810. The zero-order chi connectivity index (χ0) is 13.6. The maximum atomic E-state index is 11.5. The Morgan fingerprint density at radius 2 is 2.00 bits per heavy atom. The molecule has 0 heterocycles. The number of amides is 2. The number of hydrogen-bond donors (Lipinski definition) is 3. The van der Waals surface area contributed by atoms with Crippen molar-refractivity contribution in [3.8, 4) is 0 Å². The summed E-state index contributed by atoms with van der Waals surface area (Å²) in [5, 5.41) is 15.6. The molecule has 5 heteroatoms. The molecule has 2 saturated carbocycles. The molecule has 0 aromatic rings. The van der Waals surface area contributed by atoms with Crippen molar-refractivity contribution in [2.45, 2.75) is 50.5 Å². The standard InChI is InChI=1S/C14H26N2O3/c17-13(16-11-14(18)6-1-2-7-14)15-8-3-9-19-10-12-4-5-12/h12,18H,1-11H2,(H2,15,16,17). The third-order valence-electron chi connectivity index (χ3n) is 3.91. The smallest absolute Gasteiger partial charge is 0.314 e. The van der Waals surface area contributed by atoms with Crippen LogP contribution >= 0.6 is 0 Å². The van der Waals surface area contributed by atoms with Gasteiger partial charge < -0.3 is 20.5 Å². The summed E-state index contributed by atoms with van der Waals surface area (Å²) >= 11 is 0. The van der Waals surface area contributed by atoms with Gasteiger partial charge in [0.25, 0.3) is 0 Å². The number of aliphatic hydroxyl groups is 1. The highest BCUT2D eigenvalue weighted by molar-refractivity contribution is 5.73. The van der Waals surface area contributed by atoms with Crippen LogP contribution in [0, 0.1) is 5.92 Å². The van der Waals surface area contributed by atoms with Crippen LogP contribution in [0.2, 0.25) is 0 Å². The maximum absolute atomic E-state index is 11.5. The summed E-state index contributed by atoms with van der Waals surface area (Å²) in [5.41, 5.74) is -0.676. The summed E-state index contributed by atoms with van der Waals surface area (Å²) in [6.45, 7) is 2.56. The summed E-state index contributed by atoms with van der Waals surface area (Å²) in [5.74, 6) is 0.795. The van der Waals surface area contributed by atoms with E-state index in [0.29, 0.717) is 19.7 Å². The first kappa shape index (κ1) is 14.6. The minimum atomic E-state index is -0.676. The van der Waals surface area contributed by atoms with Gasteiger partial charge in [-0.05, 0) is 38.0 Å². The second-order valence-corrected chi connectivity index (χ2v) is 5.91. The number of carbonyl (C=O) groups excluding carboxylic acids is 1. The molecule has 0 aliphatic heterocycles. The van der Waals surface area contributed by atoms with Gasteiger partial charge in [0.1, 0.15) is 0 Å². The molecule has 0 aromatic heterocycles. The van der Waals surface area contributed by atoms with Crippen LogP contribution < -0.4 is 10.6 Å². The van der Waals surface area contributed by atoms with Gasteiger partial charge in [0.05, 0.1) is 5.60 Å². The molecule has 2 aliphatic carbocycles. The lowest BCUT2D eigenvalue weighted by molar-refractivity contribution is 0.0501. The maximum Gasteiger partial charge on any atom is 0.314 e. The predicted molar refractivity (Wildman–Crippen MR) is 73.0 cm³/mol. The molecule has 0 saturated heterocycles. The molecule has 0 radical (unpaired) electrons. The lowest BCUT2D eigenvalue weighted by Gasteiger charge is -2.22. The number of carbonyl (C=O) groups is 1. The fourth-order valence-electron chi connectivity index (χ4n) is 2.43. The van der Waals surface area contributed by atoms with Gasteiger partial charge in [-0.2, -0.15) is 0 Å². The van der Waals surface area contributed by atoms with Crippen molar-refractivity contribution in [2.24, 2.45) is 5.92 Å². The summed E-state index contributed by atoms with van der Waals surface area (Å²) in [4.78, 5) is 11.5. The van der Waals surface area contributed by atoms with Crippen molar-refractivity contribution in [1.29, 1.82) is 0 Å². The van der Waals surface area contributed by atoms with E-state index >= 15 is 0 Å². The van der Waals surface area contributed by atoms with Crippen molar-refractivity contribution in [3.05, 3.63) is 0 Å². The molecular weight excluding hydrogens is 244 g/mol. The normalized spacial score (nSPS) is 21.3. The number of nitrogens with one attached hydrogen (secondary N) is 2. The average Bonchev–Trinajstić information content (AvgIpc) is 3.12. The summed E-state index contributed by atoms with van der Waals surface area (Å²) < 4.78 is 5.48. The third kappa shape index (κ3) is 5.78. The van der Waals surface area contributed by atoms with Crippen LogP contribution in [-0.2, 0) is 4.74 Å². The fourth-order valence-corrected chi connectivity index (χ4v) is 2.43. The van der Waals surface area contributed by atoms with Crippen LogP contribution in [0.4, 0.5) is 4.79 Å². The number of urea groups is 1. The molecule has 19 heavy (non-hydrogen) atoms. The second kappa shape index (κ2) is 7.10. The Labute approximate surface area is 115 Å². The van der Waals surface area contributed by atoms with E-state index < -0.39 is 5.60 Å². The van der Waals surface area contributed by atoms with E-state index in [0.717, 1.165) is 44.6 Å². The molecule has 0 aromatic carbocycles. The largest absolute Gasteiger partial charge is 0.388 e. The van der Waals surface area contributed by atoms with E-state index in [1.165, 1.54) is 12.8 Å². The molecule has 5 nitrogen and oxygen atoms in total. The van der Waals surface area contributed by atoms with E-state index in [9.17, 15) is 9.90 Å². The molecule has 2 aliphatic rings. The first-order chi connectivity index (χ1) is 9.18. The van der Waals surface area contributed by atoms with Crippen LogP contribution in [0.3, 0.4) is 0 Å². The Balaban J connectivity index is 1.42. The zero-order valence-electron chi connectivity index (χ0n) is 11.6. The quantitative estimate of drug-likeness (QED) is 0.584. The minimum Gasteiger partial charge on any atom is -0.388 e. The van der Waals surface area contributed by atoms with Gasteiger partial charge >= 0.3 is 6.03 Å². The van der Waals surface area contributed by atoms with Gasteiger partial charge in [0.15, 0.2) is 0 Å². The van der Waals surface area contributed by atoms with Gasteiger partial charge in [0.2, 0.25) is 0 Å². The highest BCUT2D eigenvalue weighted by Gasteiger charge is 2.31. The molecule has 0 bridgehead atoms. The molecule has 0 unspecified atom stereocenters. The van der Waals surface area contributed by atoms with Crippen LogP contribution in [0.5, 0.6) is 0 Å². The lowest BCUT2D eigenvalue weighted by Crippen LogP contribution is -2.45. The zero-order valence-corrected chi connectivity index (χ0v) is 11.6. The summed E-state index contributed by atoms with van der Waals surface area (Å²) in [7, 11) is 0. The molecule has 110 valence electrons. The van der Waals surface area contributed by atoms with Gasteiger partial charge in [-0.3, -0.25) is 0 Å². The van der Waals surface area contributed by atoms with Crippen LogP contribution in [0.15, 0.2) is 0 Å². The van der Waals surface area contributed by atoms with Crippen LogP contribution in [-0.4, -0.2) is 43.0 Å². The average molecular weight is 270 g/mol. The number of ether oxygens (including phenoxy) is 1. The Bertz CT molecular complexity index is 286. The van der Waals surface area contributed by atoms with Crippen molar-refractivity contribution in [2.75, 3.05) is 26.3 Å². The molecule has 2 amide bonds. The van der Waals surface area contributed by atoms with E-state index in [4.69, 9.17) is 4.74 Å². The van der Waals surface area contributed by atoms with Crippen LogP contribution in [0.25, 0.3) is 0 Å². The fraction of sp³-hybridized carbons (Fsp3) is 0.929. The molecule has 2 fully saturated rings. The lowest BCUT2D eigenvalue weighted by atomic mass is 10.0.